The van der Waals surface area contributed by atoms with Crippen molar-refractivity contribution in [2.24, 2.45) is 0 Å². The van der Waals surface area contributed by atoms with Crippen LogP contribution in [0.1, 0.15) is 28.2 Å². The van der Waals surface area contributed by atoms with Gasteiger partial charge in [-0.25, -0.2) is 22.8 Å². The van der Waals surface area contributed by atoms with Gasteiger partial charge < -0.3 is 9.64 Å². The largest absolute Gasteiger partial charge is 0.378 e. The zero-order valence-corrected chi connectivity index (χ0v) is 19.9. The van der Waals surface area contributed by atoms with Gasteiger partial charge in [0.2, 0.25) is 10.0 Å². The van der Waals surface area contributed by atoms with E-state index in [1.165, 1.54) is 34.1 Å². The number of aryl methyl sites for hydroxylation is 1. The fourth-order valence-corrected chi connectivity index (χ4v) is 5.91. The van der Waals surface area contributed by atoms with Crippen LogP contribution in [0.25, 0.3) is 0 Å². The van der Waals surface area contributed by atoms with Crippen LogP contribution >= 0.6 is 0 Å². The van der Waals surface area contributed by atoms with Crippen molar-refractivity contribution in [3.63, 3.8) is 0 Å². The van der Waals surface area contributed by atoms with Crippen LogP contribution in [-0.2, 0) is 34.1 Å². The number of anilines is 1. The second-order valence-corrected chi connectivity index (χ2v) is 10.6. The molecule has 3 heterocycles. The molecule has 3 aromatic rings. The Kier molecular flexibility index (Phi) is 6.33. The van der Waals surface area contributed by atoms with Crippen LogP contribution in [0.4, 0.5) is 10.2 Å². The van der Waals surface area contributed by atoms with Crippen molar-refractivity contribution in [1.29, 1.82) is 0 Å². The highest BCUT2D eigenvalue weighted by Gasteiger charge is 2.32. The maximum Gasteiger partial charge on any atom is 0.243 e. The molecule has 0 saturated carbocycles. The van der Waals surface area contributed by atoms with E-state index in [4.69, 9.17) is 14.7 Å². The van der Waals surface area contributed by atoms with Crippen molar-refractivity contribution in [1.82, 2.24) is 14.3 Å². The highest BCUT2D eigenvalue weighted by molar-refractivity contribution is 7.89. The number of fused-ring (bicyclic) bond motifs is 1. The first-order valence-corrected chi connectivity index (χ1v) is 12.9. The molecule has 34 heavy (non-hydrogen) atoms. The summed E-state index contributed by atoms with van der Waals surface area (Å²) in [4.78, 5) is 12.0. The first kappa shape index (κ1) is 22.9. The highest BCUT2D eigenvalue weighted by atomic mass is 32.2. The van der Waals surface area contributed by atoms with Gasteiger partial charge in [-0.3, -0.25) is 0 Å². The molecule has 0 N–H and O–H groups in total. The first-order valence-electron chi connectivity index (χ1n) is 11.4. The molecule has 2 aliphatic rings. The summed E-state index contributed by atoms with van der Waals surface area (Å²) in [5.41, 5.74) is 4.06. The van der Waals surface area contributed by atoms with Gasteiger partial charge in [0.1, 0.15) is 17.5 Å². The van der Waals surface area contributed by atoms with Crippen LogP contribution in [0.15, 0.2) is 53.4 Å². The zero-order chi connectivity index (χ0) is 23.7. The van der Waals surface area contributed by atoms with Gasteiger partial charge in [0, 0.05) is 44.6 Å². The van der Waals surface area contributed by atoms with Gasteiger partial charge >= 0.3 is 0 Å². The van der Waals surface area contributed by atoms with Gasteiger partial charge in [-0.15, -0.1) is 0 Å². The van der Waals surface area contributed by atoms with E-state index >= 15 is 0 Å². The predicted molar refractivity (Wildman–Crippen MR) is 127 cm³/mol. The lowest BCUT2D eigenvalue weighted by Crippen LogP contribution is -2.41. The lowest BCUT2D eigenvalue weighted by Gasteiger charge is -2.34. The molecule has 0 amide bonds. The van der Waals surface area contributed by atoms with Crippen molar-refractivity contribution in [3.8, 4) is 0 Å². The summed E-state index contributed by atoms with van der Waals surface area (Å²) in [5, 5.41) is 0. The number of hydrogen-bond donors (Lipinski definition) is 0. The van der Waals surface area contributed by atoms with E-state index in [1.807, 2.05) is 6.07 Å². The first-order chi connectivity index (χ1) is 16.4. The summed E-state index contributed by atoms with van der Waals surface area (Å²) in [6, 6.07) is 13.3. The third-order valence-corrected chi connectivity index (χ3v) is 8.12. The predicted octanol–water partition coefficient (Wildman–Crippen LogP) is 3.10. The fraction of sp³-hybridized carbons (Fsp3) is 0.360. The fourth-order valence-electron chi connectivity index (χ4n) is 4.50. The second-order valence-electron chi connectivity index (χ2n) is 8.70. The summed E-state index contributed by atoms with van der Waals surface area (Å²) in [7, 11) is -3.76. The summed E-state index contributed by atoms with van der Waals surface area (Å²) in [5.74, 6) is 1.06. The van der Waals surface area contributed by atoms with Gasteiger partial charge in [-0.2, -0.15) is 4.31 Å². The highest BCUT2D eigenvalue weighted by Crippen LogP contribution is 2.31. The molecule has 0 aliphatic carbocycles. The van der Waals surface area contributed by atoms with Crippen molar-refractivity contribution >= 4 is 15.8 Å². The summed E-state index contributed by atoms with van der Waals surface area (Å²) in [6.45, 7) is 5.15. The lowest BCUT2D eigenvalue weighted by atomic mass is 10.1. The molecule has 1 fully saturated rings. The Morgan fingerprint density at radius 2 is 1.79 bits per heavy atom. The Bertz CT molecular complexity index is 1290. The Hall–Kier alpha value is -2.88. The summed E-state index contributed by atoms with van der Waals surface area (Å²) < 4.78 is 46.8. The topological polar surface area (TPSA) is 75.6 Å². The third-order valence-electron chi connectivity index (χ3n) is 6.26. The minimum Gasteiger partial charge on any atom is -0.378 e. The number of rotatable bonds is 5. The lowest BCUT2D eigenvalue weighted by molar-refractivity contribution is 0.122. The van der Waals surface area contributed by atoms with Crippen LogP contribution in [-0.4, -0.2) is 55.5 Å². The normalized spacial score (nSPS) is 16.9. The molecular weight excluding hydrogens is 455 g/mol. The molecule has 0 spiro atoms. The van der Waals surface area contributed by atoms with Crippen LogP contribution in [0.3, 0.4) is 0 Å². The van der Waals surface area contributed by atoms with E-state index in [0.29, 0.717) is 45.7 Å². The molecule has 2 aromatic carbocycles. The number of benzene rings is 2. The number of halogens is 1. The molecule has 0 bridgehead atoms. The van der Waals surface area contributed by atoms with E-state index < -0.39 is 15.8 Å². The maximum atomic E-state index is 13.3. The Balaban J connectivity index is 1.50. The Morgan fingerprint density at radius 3 is 2.53 bits per heavy atom. The number of ether oxygens (including phenoxy) is 1. The van der Waals surface area contributed by atoms with E-state index in [2.05, 4.69) is 30.0 Å². The molecule has 1 aromatic heterocycles. The summed E-state index contributed by atoms with van der Waals surface area (Å²) >= 11 is 0. The molecule has 7 nitrogen and oxygen atoms in total. The van der Waals surface area contributed by atoms with Crippen molar-refractivity contribution in [2.45, 2.75) is 31.2 Å². The van der Waals surface area contributed by atoms with E-state index in [0.717, 1.165) is 28.5 Å². The van der Waals surface area contributed by atoms with Crippen LogP contribution in [0, 0.1) is 12.7 Å². The molecule has 0 unspecified atom stereocenters. The molecule has 5 rings (SSSR count). The van der Waals surface area contributed by atoms with Gasteiger partial charge in [0.15, 0.2) is 0 Å². The monoisotopic (exact) mass is 482 g/mol. The van der Waals surface area contributed by atoms with E-state index in [-0.39, 0.29) is 11.4 Å². The van der Waals surface area contributed by atoms with Gasteiger partial charge in [0.05, 0.1) is 23.8 Å². The van der Waals surface area contributed by atoms with Gasteiger partial charge in [-0.05, 0) is 36.8 Å². The number of sulfonamides is 1. The SMILES string of the molecule is Cc1cccc(Cc2nc3c(c(N4CCOCC4)n2)CN(S(=O)(=O)c2ccc(F)cc2)CC3)c1. The molecule has 0 radical (unpaired) electrons. The van der Waals surface area contributed by atoms with Gasteiger partial charge in [-0.1, -0.05) is 29.8 Å². The average Bonchev–Trinajstić information content (AvgIpc) is 2.84. The quantitative estimate of drug-likeness (QED) is 0.556. The third kappa shape index (κ3) is 4.68. The standard InChI is InChI=1S/C25H27FN4O3S/c1-18-3-2-4-19(15-18)16-24-27-23-9-10-30(34(31,32)21-7-5-20(26)6-8-21)17-22(23)25(28-24)29-11-13-33-14-12-29/h2-8,15H,9-14,16-17H2,1H3. The van der Waals surface area contributed by atoms with E-state index in [1.54, 1.807) is 0 Å². The molecular formula is C25H27FN4O3S. The van der Waals surface area contributed by atoms with Crippen molar-refractivity contribution < 1.29 is 17.5 Å². The molecule has 0 atom stereocenters. The number of nitrogens with zero attached hydrogens (tertiary/aromatic N) is 4. The van der Waals surface area contributed by atoms with E-state index in [9.17, 15) is 12.8 Å². The van der Waals surface area contributed by atoms with Crippen molar-refractivity contribution in [2.75, 3.05) is 37.7 Å². The van der Waals surface area contributed by atoms with Crippen molar-refractivity contribution in [3.05, 3.63) is 82.6 Å². The van der Waals surface area contributed by atoms with Crippen LogP contribution < -0.4 is 4.90 Å². The molecule has 2 aliphatic heterocycles. The average molecular weight is 483 g/mol. The Morgan fingerprint density at radius 1 is 1.03 bits per heavy atom. The minimum atomic E-state index is -3.76. The minimum absolute atomic E-state index is 0.0854. The molecule has 178 valence electrons. The Labute approximate surface area is 199 Å². The van der Waals surface area contributed by atoms with Crippen LogP contribution in [0.2, 0.25) is 0 Å². The number of morpholine rings is 1. The summed E-state index contributed by atoms with van der Waals surface area (Å²) in [6.07, 6.45) is 1.11. The smallest absolute Gasteiger partial charge is 0.243 e. The van der Waals surface area contributed by atoms with Crippen LogP contribution in [0.5, 0.6) is 0 Å². The van der Waals surface area contributed by atoms with Gasteiger partial charge in [0.25, 0.3) is 0 Å². The molecule has 9 heteroatoms. The maximum absolute atomic E-state index is 13.3. The number of aromatic nitrogens is 2. The second kappa shape index (κ2) is 9.40. The zero-order valence-electron chi connectivity index (χ0n) is 19.1. The number of hydrogen-bond acceptors (Lipinski definition) is 6. The molecule has 1 saturated heterocycles.